The number of hydrogen-bond acceptors (Lipinski definition) is 2. The minimum atomic E-state index is -0.432. The molecule has 3 atom stereocenters. The van der Waals surface area contributed by atoms with Gasteiger partial charge >= 0.3 is 0 Å². The molecule has 1 saturated carbocycles. The lowest BCUT2D eigenvalue weighted by atomic mass is 9.71. The largest absolute Gasteiger partial charge is 0.353 e. The van der Waals surface area contributed by atoms with Crippen LogP contribution < -0.4 is 11.1 Å². The smallest absolute Gasteiger partial charge is 0.227 e. The third kappa shape index (κ3) is 2.08. The lowest BCUT2D eigenvalue weighted by Crippen LogP contribution is -2.54. The molecule has 0 bridgehead atoms. The van der Waals surface area contributed by atoms with Gasteiger partial charge in [-0.05, 0) is 32.1 Å². The zero-order valence-electron chi connectivity index (χ0n) is 9.63. The van der Waals surface area contributed by atoms with E-state index in [1.54, 1.807) is 0 Å². The lowest BCUT2D eigenvalue weighted by Gasteiger charge is -2.42. The van der Waals surface area contributed by atoms with Gasteiger partial charge in [0.05, 0.1) is 5.41 Å². The maximum absolute atomic E-state index is 11.8. The molecule has 1 fully saturated rings. The zero-order valence-corrected chi connectivity index (χ0v) is 9.63. The molecular weight excluding hydrogens is 176 g/mol. The van der Waals surface area contributed by atoms with Crippen molar-refractivity contribution in [3.63, 3.8) is 0 Å². The Balaban J connectivity index is 2.43. The van der Waals surface area contributed by atoms with Crippen LogP contribution in [-0.4, -0.2) is 18.5 Å². The second-order valence-electron chi connectivity index (χ2n) is 5.24. The number of carbonyl (C=O) groups excluding carboxylic acids is 1. The molecule has 0 spiro atoms. The molecule has 1 rings (SSSR count). The molecule has 3 heteroatoms. The van der Waals surface area contributed by atoms with Crippen LogP contribution in [0.2, 0.25) is 0 Å². The van der Waals surface area contributed by atoms with E-state index in [1.807, 2.05) is 13.8 Å². The van der Waals surface area contributed by atoms with E-state index in [-0.39, 0.29) is 5.91 Å². The second kappa shape index (κ2) is 3.89. The van der Waals surface area contributed by atoms with Gasteiger partial charge in [0.1, 0.15) is 0 Å². The standard InChI is InChI=1S/C11H22N2O/c1-7-5-9(8(7)2)13-10(14)11(3,4)6-12/h7-9H,5-6,12H2,1-4H3,(H,13,14). The Hall–Kier alpha value is -0.570. The summed E-state index contributed by atoms with van der Waals surface area (Å²) in [7, 11) is 0. The summed E-state index contributed by atoms with van der Waals surface area (Å²) in [5.74, 6) is 1.43. The van der Waals surface area contributed by atoms with Crippen molar-refractivity contribution in [3.05, 3.63) is 0 Å². The first kappa shape index (κ1) is 11.5. The molecule has 0 saturated heterocycles. The van der Waals surface area contributed by atoms with E-state index in [0.717, 1.165) is 12.3 Å². The van der Waals surface area contributed by atoms with E-state index in [9.17, 15) is 4.79 Å². The molecule has 14 heavy (non-hydrogen) atoms. The Kier molecular flexibility index (Phi) is 3.20. The summed E-state index contributed by atoms with van der Waals surface area (Å²) in [5, 5.41) is 3.07. The Labute approximate surface area is 86.4 Å². The molecular formula is C11H22N2O. The number of nitrogens with one attached hydrogen (secondary N) is 1. The van der Waals surface area contributed by atoms with Crippen LogP contribution in [0.3, 0.4) is 0 Å². The van der Waals surface area contributed by atoms with Gasteiger partial charge in [-0.2, -0.15) is 0 Å². The topological polar surface area (TPSA) is 55.1 Å². The first-order valence-electron chi connectivity index (χ1n) is 5.39. The highest BCUT2D eigenvalue weighted by Crippen LogP contribution is 2.34. The van der Waals surface area contributed by atoms with E-state index < -0.39 is 5.41 Å². The third-order valence-corrected chi connectivity index (χ3v) is 3.60. The molecule has 3 unspecified atom stereocenters. The summed E-state index contributed by atoms with van der Waals surface area (Å²) in [6, 6.07) is 0.364. The van der Waals surface area contributed by atoms with Crippen LogP contribution in [0.15, 0.2) is 0 Å². The molecule has 0 heterocycles. The van der Waals surface area contributed by atoms with E-state index in [0.29, 0.717) is 18.5 Å². The molecule has 0 aromatic carbocycles. The number of hydrogen-bond donors (Lipinski definition) is 2. The SMILES string of the molecule is CC1CC(NC(=O)C(C)(C)CN)C1C. The number of amides is 1. The maximum atomic E-state index is 11.8. The second-order valence-corrected chi connectivity index (χ2v) is 5.24. The van der Waals surface area contributed by atoms with Crippen LogP contribution in [0.1, 0.15) is 34.1 Å². The highest BCUT2D eigenvalue weighted by Gasteiger charge is 2.37. The van der Waals surface area contributed by atoms with E-state index in [1.165, 1.54) is 0 Å². The highest BCUT2D eigenvalue weighted by atomic mass is 16.2. The molecule has 0 aromatic rings. The van der Waals surface area contributed by atoms with Gasteiger partial charge in [0.15, 0.2) is 0 Å². The van der Waals surface area contributed by atoms with Crippen LogP contribution in [0.25, 0.3) is 0 Å². The molecule has 0 aromatic heterocycles. The molecule has 1 amide bonds. The summed E-state index contributed by atoms with van der Waals surface area (Å²) in [6.07, 6.45) is 1.10. The minimum Gasteiger partial charge on any atom is -0.353 e. The normalized spacial score (nSPS) is 32.2. The third-order valence-electron chi connectivity index (χ3n) is 3.60. The maximum Gasteiger partial charge on any atom is 0.227 e. The fourth-order valence-electron chi connectivity index (χ4n) is 1.68. The Bertz CT molecular complexity index is 225. The monoisotopic (exact) mass is 198 g/mol. The summed E-state index contributed by atoms with van der Waals surface area (Å²) < 4.78 is 0. The van der Waals surface area contributed by atoms with Crippen LogP contribution in [0, 0.1) is 17.3 Å². The van der Waals surface area contributed by atoms with Crippen LogP contribution in [0.5, 0.6) is 0 Å². The van der Waals surface area contributed by atoms with Gasteiger partial charge in [-0.25, -0.2) is 0 Å². The molecule has 3 N–H and O–H groups in total. The van der Waals surface area contributed by atoms with Crippen molar-refractivity contribution in [2.75, 3.05) is 6.54 Å². The minimum absolute atomic E-state index is 0.0868. The van der Waals surface area contributed by atoms with Crippen molar-refractivity contribution in [1.29, 1.82) is 0 Å². The predicted octanol–water partition coefficient (Wildman–Crippen LogP) is 1.13. The average molecular weight is 198 g/mol. The Morgan fingerprint density at radius 3 is 2.43 bits per heavy atom. The molecule has 3 nitrogen and oxygen atoms in total. The Morgan fingerprint density at radius 1 is 1.50 bits per heavy atom. The van der Waals surface area contributed by atoms with Crippen LogP contribution >= 0.6 is 0 Å². The molecule has 82 valence electrons. The van der Waals surface area contributed by atoms with Crippen molar-refractivity contribution in [2.45, 2.75) is 40.2 Å². The van der Waals surface area contributed by atoms with Gasteiger partial charge < -0.3 is 11.1 Å². The van der Waals surface area contributed by atoms with E-state index in [4.69, 9.17) is 5.73 Å². The molecule has 0 radical (unpaired) electrons. The van der Waals surface area contributed by atoms with Gasteiger partial charge in [0, 0.05) is 12.6 Å². The van der Waals surface area contributed by atoms with Crippen LogP contribution in [-0.2, 0) is 4.79 Å². The summed E-state index contributed by atoms with van der Waals surface area (Å²) in [6.45, 7) is 8.58. The van der Waals surface area contributed by atoms with Gasteiger partial charge in [-0.1, -0.05) is 13.8 Å². The van der Waals surface area contributed by atoms with Crippen molar-refractivity contribution in [2.24, 2.45) is 23.0 Å². The van der Waals surface area contributed by atoms with E-state index >= 15 is 0 Å². The van der Waals surface area contributed by atoms with Crippen LogP contribution in [0.4, 0.5) is 0 Å². The summed E-state index contributed by atoms with van der Waals surface area (Å²) >= 11 is 0. The number of nitrogens with two attached hydrogens (primary N) is 1. The Morgan fingerprint density at radius 2 is 2.07 bits per heavy atom. The fourth-order valence-corrected chi connectivity index (χ4v) is 1.68. The molecule has 0 aliphatic heterocycles. The zero-order chi connectivity index (χ0) is 10.9. The summed E-state index contributed by atoms with van der Waals surface area (Å²) in [5.41, 5.74) is 5.11. The quantitative estimate of drug-likeness (QED) is 0.714. The van der Waals surface area contributed by atoms with Crippen molar-refractivity contribution < 1.29 is 4.79 Å². The van der Waals surface area contributed by atoms with Gasteiger partial charge in [0.25, 0.3) is 0 Å². The van der Waals surface area contributed by atoms with Gasteiger partial charge in [-0.15, -0.1) is 0 Å². The van der Waals surface area contributed by atoms with Crippen molar-refractivity contribution in [1.82, 2.24) is 5.32 Å². The highest BCUT2D eigenvalue weighted by molar-refractivity contribution is 5.82. The fraction of sp³-hybridized carbons (Fsp3) is 0.909. The number of rotatable bonds is 3. The van der Waals surface area contributed by atoms with Gasteiger partial charge in [0.2, 0.25) is 5.91 Å². The van der Waals surface area contributed by atoms with Crippen molar-refractivity contribution >= 4 is 5.91 Å². The lowest BCUT2D eigenvalue weighted by molar-refractivity contribution is -0.131. The first-order valence-corrected chi connectivity index (χ1v) is 5.39. The predicted molar refractivity (Wildman–Crippen MR) is 57.7 cm³/mol. The molecule has 1 aliphatic rings. The molecule has 1 aliphatic carbocycles. The van der Waals surface area contributed by atoms with E-state index in [2.05, 4.69) is 19.2 Å². The number of carbonyl (C=O) groups is 1. The first-order chi connectivity index (χ1) is 6.38. The summed E-state index contributed by atoms with van der Waals surface area (Å²) in [4.78, 5) is 11.8. The van der Waals surface area contributed by atoms with Gasteiger partial charge in [-0.3, -0.25) is 4.79 Å². The van der Waals surface area contributed by atoms with Crippen molar-refractivity contribution in [3.8, 4) is 0 Å². The average Bonchev–Trinajstić information content (AvgIpc) is 2.16.